The van der Waals surface area contributed by atoms with Gasteiger partial charge in [-0.2, -0.15) is 4.68 Å². The summed E-state index contributed by atoms with van der Waals surface area (Å²) >= 11 is 12.5. The molecule has 2 heterocycles. The number of carbonyl (C=O) groups excluding carboxylic acids is 1. The zero-order chi connectivity index (χ0) is 19.8. The van der Waals surface area contributed by atoms with Crippen LogP contribution in [0.4, 0.5) is 11.6 Å². The molecule has 4 rings (SSSR count). The van der Waals surface area contributed by atoms with Gasteiger partial charge < -0.3 is 10.6 Å². The van der Waals surface area contributed by atoms with Crippen LogP contribution in [-0.4, -0.2) is 26.1 Å². The van der Waals surface area contributed by atoms with Crippen LogP contribution in [0.25, 0.3) is 0 Å². The first-order valence-electron chi connectivity index (χ1n) is 8.52. The van der Waals surface area contributed by atoms with E-state index in [9.17, 15) is 4.79 Å². The van der Waals surface area contributed by atoms with E-state index in [-0.39, 0.29) is 5.91 Å². The number of allylic oxidation sites excluding steroid dienone is 1. The lowest BCUT2D eigenvalue weighted by molar-refractivity contribution is -0.113. The maximum atomic E-state index is 13.2. The van der Waals surface area contributed by atoms with Crippen LogP contribution in [0.1, 0.15) is 24.1 Å². The summed E-state index contributed by atoms with van der Waals surface area (Å²) in [7, 11) is 0. The van der Waals surface area contributed by atoms with E-state index >= 15 is 0 Å². The lowest BCUT2D eigenvalue weighted by atomic mass is 9.95. The molecule has 28 heavy (non-hydrogen) atoms. The van der Waals surface area contributed by atoms with Crippen LogP contribution >= 0.6 is 23.2 Å². The number of nitrogens with zero attached hydrogens (tertiary/aromatic N) is 4. The fraction of sp³-hybridized carbons (Fsp3) is 0.158. The lowest BCUT2D eigenvalue weighted by Crippen LogP contribution is -2.31. The highest BCUT2D eigenvalue weighted by Crippen LogP contribution is 2.38. The molecule has 0 radical (unpaired) electrons. The predicted molar refractivity (Wildman–Crippen MR) is 109 cm³/mol. The largest absolute Gasteiger partial charge is 0.326 e. The second-order valence-electron chi connectivity index (χ2n) is 6.50. The first kappa shape index (κ1) is 18.5. The molecule has 142 valence electrons. The number of hydrogen-bond donors (Lipinski definition) is 2. The topological polar surface area (TPSA) is 84.7 Å². The Morgan fingerprint density at radius 2 is 1.89 bits per heavy atom. The molecule has 0 fully saturated rings. The third kappa shape index (κ3) is 3.34. The number of aryl methyl sites for hydroxylation is 1. The van der Waals surface area contributed by atoms with Gasteiger partial charge in [0.05, 0.1) is 5.57 Å². The molecule has 1 amide bonds. The summed E-state index contributed by atoms with van der Waals surface area (Å²) in [5.41, 5.74) is 3.58. The van der Waals surface area contributed by atoms with Gasteiger partial charge in [0.1, 0.15) is 6.04 Å². The molecule has 1 aliphatic rings. The molecule has 7 nitrogen and oxygen atoms in total. The molecule has 0 spiro atoms. The minimum absolute atomic E-state index is 0.272. The summed E-state index contributed by atoms with van der Waals surface area (Å²) in [5, 5.41) is 18.7. The summed E-state index contributed by atoms with van der Waals surface area (Å²) in [4.78, 5) is 13.2. The van der Waals surface area contributed by atoms with Crippen molar-refractivity contribution in [3.63, 3.8) is 0 Å². The Hall–Kier alpha value is -2.90. The molecule has 2 N–H and O–H groups in total. The summed E-state index contributed by atoms with van der Waals surface area (Å²) in [6.45, 7) is 3.79. The number of tetrazole rings is 1. The van der Waals surface area contributed by atoms with Crippen molar-refractivity contribution in [2.45, 2.75) is 19.9 Å². The minimum atomic E-state index is -0.596. The van der Waals surface area contributed by atoms with Crippen LogP contribution < -0.4 is 10.6 Å². The molecule has 1 aliphatic heterocycles. The van der Waals surface area contributed by atoms with Crippen LogP contribution in [0, 0.1) is 6.92 Å². The van der Waals surface area contributed by atoms with E-state index in [0.717, 1.165) is 5.56 Å². The van der Waals surface area contributed by atoms with Gasteiger partial charge in [0.2, 0.25) is 5.95 Å². The Balaban J connectivity index is 1.78. The highest BCUT2D eigenvalue weighted by Gasteiger charge is 2.35. The van der Waals surface area contributed by atoms with E-state index in [4.69, 9.17) is 23.2 Å². The molecule has 1 aromatic heterocycles. The predicted octanol–water partition coefficient (Wildman–Crippen LogP) is 4.22. The molecule has 0 aliphatic carbocycles. The lowest BCUT2D eigenvalue weighted by Gasteiger charge is -2.28. The molecule has 0 saturated heterocycles. The van der Waals surface area contributed by atoms with E-state index in [1.54, 1.807) is 25.1 Å². The van der Waals surface area contributed by atoms with Crippen molar-refractivity contribution in [1.29, 1.82) is 0 Å². The molecular weight excluding hydrogens is 399 g/mol. The number of anilines is 2. The van der Waals surface area contributed by atoms with Crippen molar-refractivity contribution in [2.24, 2.45) is 0 Å². The van der Waals surface area contributed by atoms with E-state index < -0.39 is 6.04 Å². The average Bonchev–Trinajstić information content (AvgIpc) is 3.11. The van der Waals surface area contributed by atoms with E-state index in [1.165, 1.54) is 4.68 Å². The van der Waals surface area contributed by atoms with Crippen LogP contribution in [0.2, 0.25) is 10.0 Å². The second-order valence-corrected chi connectivity index (χ2v) is 7.34. The summed E-state index contributed by atoms with van der Waals surface area (Å²) in [6.07, 6.45) is 0. The SMILES string of the molecule is CC1=C(C(=O)Nc2ccc(C)cc2)C(c2ccc(Cl)cc2Cl)n2nnnc2N1. The fourth-order valence-electron chi connectivity index (χ4n) is 3.15. The van der Waals surface area contributed by atoms with Crippen LogP contribution in [0.15, 0.2) is 53.7 Å². The van der Waals surface area contributed by atoms with Crippen LogP contribution in [0.5, 0.6) is 0 Å². The van der Waals surface area contributed by atoms with Gasteiger partial charge in [0.15, 0.2) is 0 Å². The number of rotatable bonds is 3. The smallest absolute Gasteiger partial charge is 0.255 e. The van der Waals surface area contributed by atoms with Crippen molar-refractivity contribution in [2.75, 3.05) is 10.6 Å². The quantitative estimate of drug-likeness (QED) is 0.669. The standard InChI is InChI=1S/C19H16Cl2N6O/c1-10-3-6-13(7-4-10)23-18(28)16-11(2)22-19-24-25-26-27(19)17(16)14-8-5-12(20)9-15(14)21/h3-9,17H,1-2H3,(H,23,28)(H,22,24,26). The van der Waals surface area contributed by atoms with Crippen molar-refractivity contribution in [1.82, 2.24) is 20.2 Å². The minimum Gasteiger partial charge on any atom is -0.326 e. The third-order valence-corrected chi connectivity index (χ3v) is 5.09. The monoisotopic (exact) mass is 414 g/mol. The van der Waals surface area contributed by atoms with Gasteiger partial charge in [-0.25, -0.2) is 0 Å². The fourth-order valence-corrected chi connectivity index (χ4v) is 3.66. The molecular formula is C19H16Cl2N6O. The Morgan fingerprint density at radius 1 is 1.14 bits per heavy atom. The number of aromatic nitrogens is 4. The summed E-state index contributed by atoms with van der Waals surface area (Å²) in [6, 6.07) is 12.1. The number of fused-ring (bicyclic) bond motifs is 1. The first-order valence-corrected chi connectivity index (χ1v) is 9.28. The van der Waals surface area contributed by atoms with Crippen molar-refractivity contribution >= 4 is 40.7 Å². The Bertz CT molecular complexity index is 1090. The number of amides is 1. The molecule has 1 unspecified atom stereocenters. The second kappa shape index (κ2) is 7.26. The Labute approximate surface area is 171 Å². The van der Waals surface area contributed by atoms with Crippen molar-refractivity contribution < 1.29 is 4.79 Å². The van der Waals surface area contributed by atoms with Gasteiger partial charge in [0, 0.05) is 27.0 Å². The number of nitrogens with one attached hydrogen (secondary N) is 2. The third-order valence-electron chi connectivity index (χ3n) is 4.53. The molecule has 9 heteroatoms. The zero-order valence-electron chi connectivity index (χ0n) is 15.1. The van der Waals surface area contributed by atoms with Gasteiger partial charge in [-0.3, -0.25) is 4.79 Å². The molecule has 2 aromatic carbocycles. The highest BCUT2D eigenvalue weighted by atomic mass is 35.5. The van der Waals surface area contributed by atoms with Gasteiger partial charge >= 0.3 is 0 Å². The normalized spacial score (nSPS) is 15.8. The molecule has 0 saturated carbocycles. The van der Waals surface area contributed by atoms with Gasteiger partial charge in [0.25, 0.3) is 5.91 Å². The maximum Gasteiger partial charge on any atom is 0.255 e. The molecule has 3 aromatic rings. The van der Waals surface area contributed by atoms with Gasteiger partial charge in [-0.1, -0.05) is 52.1 Å². The number of hydrogen-bond acceptors (Lipinski definition) is 5. The van der Waals surface area contributed by atoms with Gasteiger partial charge in [-0.15, -0.1) is 0 Å². The number of benzene rings is 2. The average molecular weight is 415 g/mol. The van der Waals surface area contributed by atoms with E-state index in [1.807, 2.05) is 31.2 Å². The highest BCUT2D eigenvalue weighted by molar-refractivity contribution is 6.35. The van der Waals surface area contributed by atoms with Crippen LogP contribution in [0.3, 0.4) is 0 Å². The molecule has 1 atom stereocenters. The van der Waals surface area contributed by atoms with Crippen molar-refractivity contribution in [3.05, 3.63) is 74.9 Å². The van der Waals surface area contributed by atoms with Gasteiger partial charge in [-0.05, 0) is 48.5 Å². The Kier molecular flexibility index (Phi) is 4.78. The Morgan fingerprint density at radius 3 is 2.61 bits per heavy atom. The first-order chi connectivity index (χ1) is 13.4. The summed E-state index contributed by atoms with van der Waals surface area (Å²) < 4.78 is 1.53. The van der Waals surface area contributed by atoms with Crippen molar-refractivity contribution in [3.8, 4) is 0 Å². The zero-order valence-corrected chi connectivity index (χ0v) is 16.6. The molecule has 0 bridgehead atoms. The number of carbonyl (C=O) groups is 1. The van der Waals surface area contributed by atoms with Crippen LogP contribution in [-0.2, 0) is 4.79 Å². The van der Waals surface area contributed by atoms with E-state index in [0.29, 0.717) is 38.5 Å². The summed E-state index contributed by atoms with van der Waals surface area (Å²) in [5.74, 6) is 0.159. The number of halogens is 2. The van der Waals surface area contributed by atoms with E-state index in [2.05, 4.69) is 26.2 Å². The maximum absolute atomic E-state index is 13.2.